The van der Waals surface area contributed by atoms with Crippen molar-refractivity contribution < 1.29 is 13.2 Å². The van der Waals surface area contributed by atoms with Crippen LogP contribution < -0.4 is 4.72 Å². The minimum Gasteiger partial charge on any atom is -0.336 e. The molecule has 0 bridgehead atoms. The zero-order valence-corrected chi connectivity index (χ0v) is 16.0. The molecule has 1 aliphatic rings. The molecule has 1 amide bonds. The molecule has 1 aliphatic heterocycles. The Kier molecular flexibility index (Phi) is 5.27. The lowest BCUT2D eigenvalue weighted by atomic mass is 10.0. The van der Waals surface area contributed by atoms with Gasteiger partial charge in [-0.2, -0.15) is 0 Å². The smallest absolute Gasteiger partial charge is 0.264 e. The lowest BCUT2D eigenvalue weighted by Gasteiger charge is -2.32. The van der Waals surface area contributed by atoms with Crippen LogP contribution >= 0.6 is 11.3 Å². The van der Waals surface area contributed by atoms with Crippen molar-refractivity contribution in [2.75, 3.05) is 19.3 Å². The minimum absolute atomic E-state index is 0.0226. The van der Waals surface area contributed by atoms with Crippen LogP contribution in [0.3, 0.4) is 0 Å². The van der Waals surface area contributed by atoms with Crippen molar-refractivity contribution >= 4 is 27.3 Å². The number of amides is 1. The Balaban J connectivity index is 1.80. The number of nitrogens with one attached hydrogen (secondary N) is 1. The molecule has 5 nitrogen and oxygen atoms in total. The highest BCUT2D eigenvalue weighted by Crippen LogP contribution is 2.30. The summed E-state index contributed by atoms with van der Waals surface area (Å²) in [4.78, 5) is 15.5. The van der Waals surface area contributed by atoms with E-state index >= 15 is 0 Å². The Morgan fingerprint density at radius 2 is 1.96 bits per heavy atom. The first-order chi connectivity index (χ1) is 11.8. The maximum absolute atomic E-state index is 13.0. The van der Waals surface area contributed by atoms with Gasteiger partial charge in [-0.25, -0.2) is 13.1 Å². The first kappa shape index (κ1) is 18.1. The molecule has 3 rings (SSSR count). The van der Waals surface area contributed by atoms with Gasteiger partial charge in [-0.15, -0.1) is 11.3 Å². The molecule has 25 heavy (non-hydrogen) atoms. The number of carbonyl (C=O) groups excluding carboxylic acids is 1. The molecule has 1 aromatic carbocycles. The van der Waals surface area contributed by atoms with Gasteiger partial charge in [0.1, 0.15) is 0 Å². The number of thiophene rings is 1. The number of hydrogen-bond donors (Lipinski definition) is 1. The molecular formula is C18H22N2O3S2. The fourth-order valence-corrected chi connectivity index (χ4v) is 4.82. The van der Waals surface area contributed by atoms with Crippen molar-refractivity contribution in [2.24, 2.45) is 0 Å². The molecule has 2 heterocycles. The van der Waals surface area contributed by atoms with Crippen LogP contribution in [0.5, 0.6) is 0 Å². The molecule has 0 saturated carbocycles. The van der Waals surface area contributed by atoms with E-state index in [0.717, 1.165) is 30.2 Å². The van der Waals surface area contributed by atoms with Crippen LogP contribution in [0, 0.1) is 6.92 Å². The Bertz CT molecular complexity index is 857. The van der Waals surface area contributed by atoms with Crippen molar-refractivity contribution in [3.05, 3.63) is 46.2 Å². The summed E-state index contributed by atoms with van der Waals surface area (Å²) in [6.07, 6.45) is 2.71. The minimum atomic E-state index is -3.27. The number of hydrogen-bond acceptors (Lipinski definition) is 4. The average molecular weight is 379 g/mol. The Labute approximate surface area is 152 Å². The molecule has 0 spiro atoms. The lowest BCUT2D eigenvalue weighted by molar-refractivity contribution is 0.0709. The van der Waals surface area contributed by atoms with Gasteiger partial charge in [-0.1, -0.05) is 29.8 Å². The van der Waals surface area contributed by atoms with Gasteiger partial charge in [0.05, 0.1) is 11.1 Å². The highest BCUT2D eigenvalue weighted by Gasteiger charge is 2.28. The van der Waals surface area contributed by atoms with Crippen LogP contribution in [-0.4, -0.2) is 44.6 Å². The van der Waals surface area contributed by atoms with Crippen LogP contribution in [0.4, 0.5) is 0 Å². The average Bonchev–Trinajstić information content (AvgIpc) is 3.03. The van der Waals surface area contributed by atoms with Gasteiger partial charge >= 0.3 is 0 Å². The van der Waals surface area contributed by atoms with E-state index in [1.807, 2.05) is 42.6 Å². The van der Waals surface area contributed by atoms with Gasteiger partial charge in [-0.3, -0.25) is 4.79 Å². The van der Waals surface area contributed by atoms with Crippen molar-refractivity contribution in [1.82, 2.24) is 9.62 Å². The van der Waals surface area contributed by atoms with E-state index in [0.29, 0.717) is 18.0 Å². The van der Waals surface area contributed by atoms with E-state index in [2.05, 4.69) is 4.72 Å². The molecule has 1 atom stereocenters. The Morgan fingerprint density at radius 3 is 2.64 bits per heavy atom. The van der Waals surface area contributed by atoms with E-state index in [-0.39, 0.29) is 11.9 Å². The van der Waals surface area contributed by atoms with Gasteiger partial charge in [0, 0.05) is 24.7 Å². The van der Waals surface area contributed by atoms with Crippen LogP contribution in [-0.2, 0) is 10.0 Å². The summed E-state index contributed by atoms with van der Waals surface area (Å²) in [7, 11) is -3.27. The third-order valence-corrected chi connectivity index (χ3v) is 5.98. The van der Waals surface area contributed by atoms with Gasteiger partial charge in [-0.05, 0) is 36.8 Å². The fraction of sp³-hybridized carbons (Fsp3) is 0.389. The molecule has 0 radical (unpaired) electrons. The van der Waals surface area contributed by atoms with Gasteiger partial charge in [0.25, 0.3) is 5.91 Å². The van der Waals surface area contributed by atoms with Crippen molar-refractivity contribution in [3.63, 3.8) is 0 Å². The summed E-state index contributed by atoms with van der Waals surface area (Å²) < 4.78 is 25.5. The predicted molar refractivity (Wildman–Crippen MR) is 101 cm³/mol. The quantitative estimate of drug-likeness (QED) is 0.890. The topological polar surface area (TPSA) is 66.5 Å². The number of piperidine rings is 1. The summed E-state index contributed by atoms with van der Waals surface area (Å²) in [5.41, 5.74) is 3.14. The zero-order valence-electron chi connectivity index (χ0n) is 14.4. The summed E-state index contributed by atoms with van der Waals surface area (Å²) in [6, 6.07) is 9.88. The summed E-state index contributed by atoms with van der Waals surface area (Å²) in [6.45, 7) is 3.11. The predicted octanol–water partition coefficient (Wildman–Crippen LogP) is 2.88. The number of nitrogens with zero attached hydrogens (tertiary/aromatic N) is 1. The molecule has 1 N–H and O–H groups in total. The maximum Gasteiger partial charge on any atom is 0.264 e. The van der Waals surface area contributed by atoms with Crippen molar-refractivity contribution in [2.45, 2.75) is 25.8 Å². The fourth-order valence-electron chi connectivity index (χ4n) is 3.14. The summed E-state index contributed by atoms with van der Waals surface area (Å²) >= 11 is 1.43. The second-order valence-electron chi connectivity index (χ2n) is 6.51. The highest BCUT2D eigenvalue weighted by molar-refractivity contribution is 7.88. The highest BCUT2D eigenvalue weighted by atomic mass is 32.2. The van der Waals surface area contributed by atoms with Gasteiger partial charge in [0.15, 0.2) is 0 Å². The number of carbonyl (C=O) groups is 1. The number of rotatable bonds is 4. The van der Waals surface area contributed by atoms with Crippen LogP contribution in [0.2, 0.25) is 0 Å². The third-order valence-electron chi connectivity index (χ3n) is 4.31. The van der Waals surface area contributed by atoms with Crippen LogP contribution in [0.25, 0.3) is 11.1 Å². The second-order valence-corrected chi connectivity index (χ2v) is 9.21. The zero-order chi connectivity index (χ0) is 18.0. The van der Waals surface area contributed by atoms with Crippen LogP contribution in [0.1, 0.15) is 28.1 Å². The number of sulfonamides is 1. The molecule has 1 fully saturated rings. The Morgan fingerprint density at radius 1 is 1.24 bits per heavy atom. The van der Waals surface area contributed by atoms with Gasteiger partial charge < -0.3 is 4.90 Å². The van der Waals surface area contributed by atoms with E-state index in [1.54, 1.807) is 4.90 Å². The van der Waals surface area contributed by atoms with Crippen molar-refractivity contribution in [3.8, 4) is 11.1 Å². The molecule has 0 unspecified atom stereocenters. The molecule has 7 heteroatoms. The maximum atomic E-state index is 13.0. The molecule has 1 saturated heterocycles. The molecule has 2 aromatic rings. The monoisotopic (exact) mass is 378 g/mol. The largest absolute Gasteiger partial charge is 0.336 e. The summed E-state index contributed by atoms with van der Waals surface area (Å²) in [5.74, 6) is -0.0226. The third kappa shape index (κ3) is 4.48. The normalized spacial score (nSPS) is 18.3. The number of benzene rings is 1. The van der Waals surface area contributed by atoms with E-state index in [9.17, 15) is 13.2 Å². The lowest BCUT2D eigenvalue weighted by Crippen LogP contribution is -2.49. The van der Waals surface area contributed by atoms with E-state index in [1.165, 1.54) is 16.9 Å². The van der Waals surface area contributed by atoms with E-state index < -0.39 is 10.0 Å². The summed E-state index contributed by atoms with van der Waals surface area (Å²) in [5, 5.41) is 1.93. The number of likely N-dealkylation sites (tertiary alicyclic amines) is 1. The van der Waals surface area contributed by atoms with Crippen LogP contribution in [0.15, 0.2) is 35.7 Å². The first-order valence-corrected chi connectivity index (χ1v) is 11.0. The van der Waals surface area contributed by atoms with E-state index in [4.69, 9.17) is 0 Å². The Hall–Kier alpha value is -1.70. The molecule has 134 valence electrons. The first-order valence-electron chi connectivity index (χ1n) is 8.24. The van der Waals surface area contributed by atoms with Gasteiger partial charge in [0.2, 0.25) is 10.0 Å². The molecule has 0 aliphatic carbocycles. The second kappa shape index (κ2) is 7.27. The molecule has 1 aromatic heterocycles. The molecular weight excluding hydrogens is 356 g/mol. The standard InChI is InChI=1S/C18H22N2O3S2/c1-13-5-7-14(8-6-13)16-9-11-24-17(16)18(21)20-10-3-4-15(12-20)19-25(2,22)23/h5-9,11,15,19H,3-4,10,12H2,1-2H3/t15-/m1/s1. The van der Waals surface area contributed by atoms with Crippen molar-refractivity contribution in [1.29, 1.82) is 0 Å². The number of aryl methyl sites for hydroxylation is 1. The SMILES string of the molecule is Cc1ccc(-c2ccsc2C(=O)N2CCC[C@@H](NS(C)(=O)=O)C2)cc1.